The van der Waals surface area contributed by atoms with Crippen LogP contribution in [0.5, 0.6) is 0 Å². The highest BCUT2D eigenvalue weighted by Crippen LogP contribution is 2.20. The van der Waals surface area contributed by atoms with Gasteiger partial charge in [-0.2, -0.15) is 0 Å². The molecule has 1 amide bonds. The summed E-state index contributed by atoms with van der Waals surface area (Å²) in [7, 11) is 0. The quantitative estimate of drug-likeness (QED) is 0.358. The Morgan fingerprint density at radius 3 is 2.17 bits per heavy atom. The number of carbonyl (C=O) groups excluding carboxylic acids is 2. The number of unbranched alkanes of at least 4 members (excludes halogenated alkanes) is 8. The molecule has 5 heteroatoms. The minimum absolute atomic E-state index is 0.108. The van der Waals surface area contributed by atoms with Gasteiger partial charge in [-0.1, -0.05) is 58.3 Å². The van der Waals surface area contributed by atoms with Crippen molar-refractivity contribution in [1.82, 2.24) is 5.32 Å². The van der Waals surface area contributed by atoms with Gasteiger partial charge < -0.3 is 15.5 Å². The molecule has 0 aromatic carbocycles. The summed E-state index contributed by atoms with van der Waals surface area (Å²) in [6.45, 7) is 2.07. The van der Waals surface area contributed by atoms with Crippen molar-refractivity contribution >= 4 is 11.7 Å². The van der Waals surface area contributed by atoms with Crippen molar-refractivity contribution in [2.75, 3.05) is 6.61 Å². The summed E-state index contributed by atoms with van der Waals surface area (Å²) in [6.07, 6.45) is 11.0. The number of ketones is 1. The van der Waals surface area contributed by atoms with E-state index in [0.29, 0.717) is 6.42 Å². The highest BCUT2D eigenvalue weighted by Gasteiger charge is 2.34. The largest absolute Gasteiger partial charge is 0.509 e. The molecule has 0 aliphatic carbocycles. The first-order valence-corrected chi connectivity index (χ1v) is 8.99. The Labute approximate surface area is 139 Å². The second-order valence-electron chi connectivity index (χ2n) is 6.30. The molecule has 23 heavy (non-hydrogen) atoms. The molecule has 0 aromatic heterocycles. The van der Waals surface area contributed by atoms with Crippen molar-refractivity contribution in [2.45, 2.75) is 83.6 Å². The first-order chi connectivity index (χ1) is 11.1. The van der Waals surface area contributed by atoms with Crippen LogP contribution in [0.3, 0.4) is 0 Å². The topological polar surface area (TPSA) is 86.6 Å². The van der Waals surface area contributed by atoms with E-state index in [1.807, 2.05) is 0 Å². The number of nitrogens with one attached hydrogen (secondary N) is 1. The van der Waals surface area contributed by atoms with E-state index in [1.54, 1.807) is 0 Å². The van der Waals surface area contributed by atoms with E-state index in [0.717, 1.165) is 19.3 Å². The average Bonchev–Trinajstić information content (AvgIpc) is 2.80. The van der Waals surface area contributed by atoms with Crippen LogP contribution in [0.4, 0.5) is 0 Å². The third-order valence-electron chi connectivity index (χ3n) is 4.32. The Balaban J connectivity index is 2.20. The van der Waals surface area contributed by atoms with E-state index in [1.165, 1.54) is 38.5 Å². The maximum atomic E-state index is 12.1. The summed E-state index contributed by atoms with van der Waals surface area (Å²) in [5.74, 6) is -1.00. The maximum absolute atomic E-state index is 12.1. The maximum Gasteiger partial charge on any atom is 0.259 e. The Kier molecular flexibility index (Phi) is 9.60. The van der Waals surface area contributed by atoms with E-state index in [-0.39, 0.29) is 30.1 Å². The molecule has 0 radical (unpaired) electrons. The second-order valence-corrected chi connectivity index (χ2v) is 6.30. The van der Waals surface area contributed by atoms with Crippen LogP contribution in [0.2, 0.25) is 0 Å². The van der Waals surface area contributed by atoms with Crippen LogP contribution < -0.4 is 5.32 Å². The fourth-order valence-electron chi connectivity index (χ4n) is 2.92. The number of aliphatic hydroxyl groups is 2. The van der Waals surface area contributed by atoms with Crippen molar-refractivity contribution in [3.8, 4) is 0 Å². The van der Waals surface area contributed by atoms with Gasteiger partial charge in [0.05, 0.1) is 6.04 Å². The Bertz CT molecular complexity index is 417. The lowest BCUT2D eigenvalue weighted by molar-refractivity contribution is -0.122. The SMILES string of the molecule is CCCCCCCCCCCC(=O)C1=C(O)[C@H](CCO)NC1=O. The number of hydrogen-bond acceptors (Lipinski definition) is 4. The van der Waals surface area contributed by atoms with Gasteiger partial charge in [-0.25, -0.2) is 0 Å². The van der Waals surface area contributed by atoms with E-state index in [4.69, 9.17) is 5.11 Å². The van der Waals surface area contributed by atoms with Crippen molar-refractivity contribution in [1.29, 1.82) is 0 Å². The van der Waals surface area contributed by atoms with Crippen molar-refractivity contribution < 1.29 is 19.8 Å². The highest BCUT2D eigenvalue weighted by atomic mass is 16.3. The van der Waals surface area contributed by atoms with E-state index >= 15 is 0 Å². The summed E-state index contributed by atoms with van der Waals surface area (Å²) in [5, 5.41) is 21.3. The molecule has 0 spiro atoms. The molecule has 5 nitrogen and oxygen atoms in total. The summed E-state index contributed by atoms with van der Waals surface area (Å²) >= 11 is 0. The number of aliphatic hydroxyl groups excluding tert-OH is 2. The third-order valence-corrected chi connectivity index (χ3v) is 4.32. The molecule has 0 unspecified atom stereocenters. The summed E-state index contributed by atoms with van der Waals surface area (Å²) in [5.41, 5.74) is -0.108. The van der Waals surface area contributed by atoms with Crippen LogP contribution in [-0.4, -0.2) is 34.6 Å². The van der Waals surface area contributed by atoms with Crippen LogP contribution in [0.25, 0.3) is 0 Å². The minimum atomic E-state index is -0.616. The number of carbonyl (C=O) groups is 2. The summed E-state index contributed by atoms with van der Waals surface area (Å²) in [4.78, 5) is 23.8. The van der Waals surface area contributed by atoms with Gasteiger partial charge >= 0.3 is 0 Å². The molecule has 1 atom stereocenters. The van der Waals surface area contributed by atoms with E-state index in [2.05, 4.69) is 12.2 Å². The fourth-order valence-corrected chi connectivity index (χ4v) is 2.92. The van der Waals surface area contributed by atoms with Gasteiger partial charge in [0.2, 0.25) is 0 Å². The van der Waals surface area contributed by atoms with Gasteiger partial charge in [0.1, 0.15) is 11.3 Å². The zero-order valence-corrected chi connectivity index (χ0v) is 14.3. The highest BCUT2D eigenvalue weighted by molar-refractivity contribution is 6.21. The van der Waals surface area contributed by atoms with Gasteiger partial charge in [-0.3, -0.25) is 9.59 Å². The smallest absolute Gasteiger partial charge is 0.259 e. The standard InChI is InChI=1S/C18H31NO4/c1-2-3-4-5-6-7-8-9-10-11-15(21)16-17(22)14(12-13-20)19-18(16)23/h14,20,22H,2-13H2,1H3,(H,19,23)/t14-/m0/s1. The van der Waals surface area contributed by atoms with Gasteiger partial charge in [-0.05, 0) is 12.8 Å². The lowest BCUT2D eigenvalue weighted by atomic mass is 10.0. The van der Waals surface area contributed by atoms with Gasteiger partial charge in [0.25, 0.3) is 5.91 Å². The van der Waals surface area contributed by atoms with Crippen LogP contribution >= 0.6 is 0 Å². The Morgan fingerprint density at radius 1 is 1.04 bits per heavy atom. The molecule has 0 fully saturated rings. The molecular weight excluding hydrogens is 294 g/mol. The Hall–Kier alpha value is -1.36. The van der Waals surface area contributed by atoms with Crippen molar-refractivity contribution in [3.05, 3.63) is 11.3 Å². The zero-order chi connectivity index (χ0) is 17.1. The number of Topliss-reactive ketones (excluding diaryl/α,β-unsaturated/α-hetero) is 1. The van der Waals surface area contributed by atoms with E-state index in [9.17, 15) is 14.7 Å². The number of amides is 1. The molecule has 1 aliphatic rings. The molecular formula is C18H31NO4. The van der Waals surface area contributed by atoms with Crippen molar-refractivity contribution in [2.24, 2.45) is 0 Å². The molecule has 1 rings (SSSR count). The van der Waals surface area contributed by atoms with Gasteiger partial charge in [0.15, 0.2) is 5.78 Å². The normalized spacial score (nSPS) is 17.7. The van der Waals surface area contributed by atoms with Crippen LogP contribution in [0, 0.1) is 0 Å². The summed E-state index contributed by atoms with van der Waals surface area (Å²) in [6, 6.07) is -0.616. The monoisotopic (exact) mass is 325 g/mol. The molecule has 1 heterocycles. The second kappa shape index (κ2) is 11.2. The number of hydrogen-bond donors (Lipinski definition) is 3. The van der Waals surface area contributed by atoms with Crippen molar-refractivity contribution in [3.63, 3.8) is 0 Å². The lowest BCUT2D eigenvalue weighted by Crippen LogP contribution is -2.30. The zero-order valence-electron chi connectivity index (χ0n) is 14.3. The van der Waals surface area contributed by atoms with Crippen LogP contribution in [0.1, 0.15) is 77.6 Å². The van der Waals surface area contributed by atoms with E-state index < -0.39 is 11.9 Å². The Morgan fingerprint density at radius 2 is 1.61 bits per heavy atom. The molecule has 132 valence electrons. The molecule has 0 bridgehead atoms. The molecule has 0 saturated heterocycles. The van der Waals surface area contributed by atoms with Gasteiger partial charge in [0, 0.05) is 13.0 Å². The summed E-state index contributed by atoms with van der Waals surface area (Å²) < 4.78 is 0. The minimum Gasteiger partial charge on any atom is -0.509 e. The molecule has 1 aliphatic heterocycles. The first-order valence-electron chi connectivity index (χ1n) is 8.99. The molecule has 0 saturated carbocycles. The van der Waals surface area contributed by atoms with Crippen LogP contribution in [0.15, 0.2) is 11.3 Å². The van der Waals surface area contributed by atoms with Gasteiger partial charge in [-0.15, -0.1) is 0 Å². The average molecular weight is 325 g/mol. The molecule has 3 N–H and O–H groups in total. The first kappa shape index (κ1) is 19.7. The predicted octanol–water partition coefficient (Wildman–Crippen LogP) is 3.17. The molecule has 0 aromatic rings. The lowest BCUT2D eigenvalue weighted by Gasteiger charge is -2.07. The fraction of sp³-hybridized carbons (Fsp3) is 0.778. The third kappa shape index (κ3) is 6.73. The number of rotatable bonds is 13. The van der Waals surface area contributed by atoms with Crippen LogP contribution in [-0.2, 0) is 9.59 Å². The predicted molar refractivity (Wildman–Crippen MR) is 90.1 cm³/mol.